The summed E-state index contributed by atoms with van der Waals surface area (Å²) in [6.45, 7) is 1.32. The van der Waals surface area contributed by atoms with E-state index in [1.54, 1.807) is 30.3 Å². The maximum atomic E-state index is 11.7. The Bertz CT molecular complexity index is 646. The lowest BCUT2D eigenvalue weighted by Crippen LogP contribution is -2.27. The molecule has 2 aromatic rings. The van der Waals surface area contributed by atoms with E-state index in [9.17, 15) is 19.8 Å². The lowest BCUT2D eigenvalue weighted by Gasteiger charge is -2.14. The van der Waals surface area contributed by atoms with Crippen LogP contribution >= 0.6 is 0 Å². The average molecular weight is 307 g/mol. The van der Waals surface area contributed by atoms with Crippen LogP contribution in [0, 0.1) is 0 Å². The van der Waals surface area contributed by atoms with Crippen LogP contribution in [0.4, 0.5) is 4.79 Å². The molecule has 0 bridgehead atoms. The van der Waals surface area contributed by atoms with Gasteiger partial charge in [-0.1, -0.05) is 18.2 Å². The topological polar surface area (TPSA) is 107 Å². The number of aromatic nitrogens is 1. The Hall–Kier alpha value is -3.16. The van der Waals surface area contributed by atoms with Gasteiger partial charge in [0.05, 0.1) is 5.56 Å². The second-order valence-electron chi connectivity index (χ2n) is 4.14. The Morgan fingerprint density at radius 1 is 1.00 bits per heavy atom. The molecule has 8 nitrogen and oxygen atoms in total. The van der Waals surface area contributed by atoms with Crippen LogP contribution in [0.15, 0.2) is 42.5 Å². The molecule has 116 valence electrons. The fourth-order valence-electron chi connectivity index (χ4n) is 1.54. The molecule has 0 fully saturated rings. The smallest absolute Gasteiger partial charge is 0.492 e. The van der Waals surface area contributed by atoms with Gasteiger partial charge >= 0.3 is 12.1 Å². The van der Waals surface area contributed by atoms with Gasteiger partial charge in [0, 0.05) is 19.1 Å². The van der Waals surface area contributed by atoms with Crippen LogP contribution < -0.4 is 4.84 Å². The standard InChI is InChI=1S/C14H13NO7/c1-9(20-13(18)10-5-3-2-4-6-10)21-14(19)22-15-11(16)7-8-12(15)17/h2-9,16-17H,1H3/t9-/m1/s1. The normalized spacial score (nSPS) is 11.5. The Morgan fingerprint density at radius 3 is 2.18 bits per heavy atom. The first-order chi connectivity index (χ1) is 10.5. The number of esters is 1. The van der Waals surface area contributed by atoms with Crippen molar-refractivity contribution in [3.63, 3.8) is 0 Å². The SMILES string of the molecule is C[C@@H](OC(=O)On1c(O)ccc1O)OC(=O)c1ccccc1. The Balaban J connectivity index is 1.88. The van der Waals surface area contributed by atoms with Crippen LogP contribution in [0.2, 0.25) is 0 Å². The molecule has 0 aliphatic rings. The highest BCUT2D eigenvalue weighted by molar-refractivity contribution is 5.89. The third kappa shape index (κ3) is 3.69. The molecule has 0 saturated carbocycles. The van der Waals surface area contributed by atoms with Crippen molar-refractivity contribution in [2.75, 3.05) is 0 Å². The average Bonchev–Trinajstić information content (AvgIpc) is 2.79. The number of ether oxygens (including phenoxy) is 2. The number of hydrogen-bond acceptors (Lipinski definition) is 7. The highest BCUT2D eigenvalue weighted by Crippen LogP contribution is 2.19. The Kier molecular flexibility index (Phi) is 4.52. The van der Waals surface area contributed by atoms with Crippen molar-refractivity contribution in [1.29, 1.82) is 0 Å². The van der Waals surface area contributed by atoms with Crippen molar-refractivity contribution in [2.45, 2.75) is 13.2 Å². The van der Waals surface area contributed by atoms with E-state index < -0.39 is 30.2 Å². The van der Waals surface area contributed by atoms with Crippen molar-refractivity contribution in [3.05, 3.63) is 48.0 Å². The van der Waals surface area contributed by atoms with Crippen molar-refractivity contribution < 1.29 is 34.1 Å². The number of benzene rings is 1. The number of carbonyl (C=O) groups excluding carboxylic acids is 2. The third-order valence-electron chi connectivity index (χ3n) is 2.51. The highest BCUT2D eigenvalue weighted by Gasteiger charge is 2.19. The molecule has 1 aromatic heterocycles. The zero-order chi connectivity index (χ0) is 16.1. The van der Waals surface area contributed by atoms with Gasteiger partial charge in [-0.2, -0.15) is 0 Å². The van der Waals surface area contributed by atoms with Gasteiger partial charge in [-0.05, 0) is 12.1 Å². The van der Waals surface area contributed by atoms with E-state index in [2.05, 4.69) is 9.57 Å². The van der Waals surface area contributed by atoms with Crippen LogP contribution in [0.3, 0.4) is 0 Å². The second-order valence-corrected chi connectivity index (χ2v) is 4.14. The summed E-state index contributed by atoms with van der Waals surface area (Å²) in [7, 11) is 0. The predicted octanol–water partition coefficient (Wildman–Crippen LogP) is 1.67. The number of nitrogens with zero attached hydrogens (tertiary/aromatic N) is 1. The monoisotopic (exact) mass is 307 g/mol. The molecular weight excluding hydrogens is 294 g/mol. The zero-order valence-corrected chi connectivity index (χ0v) is 11.5. The molecule has 1 heterocycles. The molecule has 0 spiro atoms. The van der Waals surface area contributed by atoms with E-state index in [4.69, 9.17) is 4.74 Å². The van der Waals surface area contributed by atoms with Crippen LogP contribution in [0.1, 0.15) is 17.3 Å². The summed E-state index contributed by atoms with van der Waals surface area (Å²) < 4.78 is 10.0. The molecule has 0 unspecified atom stereocenters. The molecule has 0 saturated heterocycles. The van der Waals surface area contributed by atoms with Gasteiger partial charge in [-0.3, -0.25) is 4.84 Å². The van der Waals surface area contributed by atoms with Gasteiger partial charge in [-0.15, -0.1) is 4.73 Å². The van der Waals surface area contributed by atoms with Gasteiger partial charge in [0.2, 0.25) is 18.1 Å². The molecular formula is C14H13NO7. The summed E-state index contributed by atoms with van der Waals surface area (Å²) in [6, 6.07) is 10.4. The van der Waals surface area contributed by atoms with E-state index in [0.717, 1.165) is 12.1 Å². The quantitative estimate of drug-likeness (QED) is 0.653. The number of carbonyl (C=O) groups is 2. The molecule has 1 atom stereocenters. The van der Waals surface area contributed by atoms with Crippen LogP contribution in [-0.4, -0.2) is 33.4 Å². The minimum absolute atomic E-state index is 0.298. The minimum atomic E-state index is -1.27. The maximum absolute atomic E-state index is 11.7. The molecule has 2 N–H and O–H groups in total. The lowest BCUT2D eigenvalue weighted by molar-refractivity contribution is -0.0848. The third-order valence-corrected chi connectivity index (χ3v) is 2.51. The summed E-state index contributed by atoms with van der Waals surface area (Å²) in [5.74, 6) is -1.67. The highest BCUT2D eigenvalue weighted by atomic mass is 16.9. The van der Waals surface area contributed by atoms with Crippen molar-refractivity contribution in [1.82, 2.24) is 4.73 Å². The molecule has 0 aliphatic carbocycles. The lowest BCUT2D eigenvalue weighted by atomic mass is 10.2. The van der Waals surface area contributed by atoms with Crippen molar-refractivity contribution in [2.24, 2.45) is 0 Å². The van der Waals surface area contributed by atoms with Gasteiger partial charge in [0.1, 0.15) is 0 Å². The summed E-state index contributed by atoms with van der Waals surface area (Å²) in [6.07, 6.45) is -2.49. The molecule has 0 aliphatic heterocycles. The van der Waals surface area contributed by atoms with Gasteiger partial charge < -0.3 is 19.7 Å². The molecule has 0 radical (unpaired) electrons. The van der Waals surface area contributed by atoms with E-state index in [0.29, 0.717) is 10.3 Å². The second kappa shape index (κ2) is 6.53. The zero-order valence-electron chi connectivity index (χ0n) is 11.5. The first-order valence-corrected chi connectivity index (χ1v) is 6.22. The summed E-state index contributed by atoms with van der Waals surface area (Å²) >= 11 is 0. The van der Waals surface area contributed by atoms with Crippen LogP contribution in [0.25, 0.3) is 0 Å². The molecule has 8 heteroatoms. The van der Waals surface area contributed by atoms with E-state index in [-0.39, 0.29) is 0 Å². The fraction of sp³-hybridized carbons (Fsp3) is 0.143. The fourth-order valence-corrected chi connectivity index (χ4v) is 1.54. The largest absolute Gasteiger partial charge is 0.537 e. The minimum Gasteiger partial charge on any atom is -0.492 e. The number of hydrogen-bond donors (Lipinski definition) is 2. The van der Waals surface area contributed by atoms with E-state index in [1.165, 1.54) is 6.92 Å². The van der Waals surface area contributed by atoms with Crippen LogP contribution in [-0.2, 0) is 9.47 Å². The molecule has 2 rings (SSSR count). The molecule has 1 aromatic carbocycles. The molecule has 0 amide bonds. The summed E-state index contributed by atoms with van der Waals surface area (Å²) in [5, 5.41) is 18.6. The van der Waals surface area contributed by atoms with Gasteiger partial charge in [-0.25, -0.2) is 9.59 Å². The number of rotatable bonds is 4. The summed E-state index contributed by atoms with van der Waals surface area (Å²) in [4.78, 5) is 27.7. The number of aromatic hydroxyl groups is 2. The van der Waals surface area contributed by atoms with E-state index in [1.807, 2.05) is 0 Å². The van der Waals surface area contributed by atoms with Gasteiger partial charge in [0.15, 0.2) is 0 Å². The Labute approximate surface area is 125 Å². The summed E-state index contributed by atoms with van der Waals surface area (Å²) in [5.41, 5.74) is 0.298. The van der Waals surface area contributed by atoms with Crippen LogP contribution in [0.5, 0.6) is 11.8 Å². The van der Waals surface area contributed by atoms with Crippen molar-refractivity contribution in [3.8, 4) is 11.8 Å². The van der Waals surface area contributed by atoms with E-state index >= 15 is 0 Å². The Morgan fingerprint density at radius 2 is 1.59 bits per heavy atom. The van der Waals surface area contributed by atoms with Crippen molar-refractivity contribution >= 4 is 12.1 Å². The first kappa shape index (κ1) is 15.2. The first-order valence-electron chi connectivity index (χ1n) is 6.22. The molecule has 22 heavy (non-hydrogen) atoms. The predicted molar refractivity (Wildman–Crippen MR) is 72.1 cm³/mol. The van der Waals surface area contributed by atoms with Gasteiger partial charge in [0.25, 0.3) is 0 Å². The maximum Gasteiger partial charge on any atom is 0.537 e.